The van der Waals surface area contributed by atoms with Crippen LogP contribution in [0.3, 0.4) is 0 Å². The number of aliphatic hydroxyl groups is 1. The molecular formula is C14H23NO3. The summed E-state index contributed by atoms with van der Waals surface area (Å²) in [5.41, 5.74) is 0.847. The van der Waals surface area contributed by atoms with Crippen LogP contribution < -0.4 is 9.47 Å². The van der Waals surface area contributed by atoms with Gasteiger partial charge in [-0.2, -0.15) is 0 Å². The zero-order chi connectivity index (χ0) is 13.5. The summed E-state index contributed by atoms with van der Waals surface area (Å²) >= 11 is 0. The third-order valence-electron chi connectivity index (χ3n) is 3.12. The summed E-state index contributed by atoms with van der Waals surface area (Å²) in [7, 11) is 3.20. The minimum absolute atomic E-state index is 0.510. The number of ether oxygens (including phenoxy) is 2. The highest BCUT2D eigenvalue weighted by Gasteiger charge is 2.14. The van der Waals surface area contributed by atoms with Crippen LogP contribution in [0.5, 0.6) is 11.5 Å². The maximum absolute atomic E-state index is 10.2. The van der Waals surface area contributed by atoms with Crippen molar-refractivity contribution < 1.29 is 14.6 Å². The molecule has 0 bridgehead atoms. The van der Waals surface area contributed by atoms with Crippen LogP contribution in [0.1, 0.15) is 25.5 Å². The Labute approximate surface area is 109 Å². The summed E-state index contributed by atoms with van der Waals surface area (Å²) in [6.45, 7) is 6.67. The summed E-state index contributed by atoms with van der Waals surface area (Å²) in [6.07, 6.45) is -0.510. The SMILES string of the molecule is CCN(CC)C[C@@H](O)c1ccc(OC)c(OC)c1. The number of hydrogen-bond donors (Lipinski definition) is 1. The largest absolute Gasteiger partial charge is 0.493 e. The standard InChI is InChI=1S/C14H23NO3/c1-5-15(6-2)10-12(16)11-7-8-13(17-3)14(9-11)18-4/h7-9,12,16H,5-6,10H2,1-4H3/t12-/m1/s1. The molecule has 0 saturated carbocycles. The molecule has 1 rings (SSSR count). The van der Waals surface area contributed by atoms with Crippen LogP contribution in [0.2, 0.25) is 0 Å². The van der Waals surface area contributed by atoms with Crippen LogP contribution in [-0.4, -0.2) is 43.9 Å². The summed E-state index contributed by atoms with van der Waals surface area (Å²) in [5.74, 6) is 1.32. The van der Waals surface area contributed by atoms with E-state index in [0.29, 0.717) is 18.0 Å². The van der Waals surface area contributed by atoms with Gasteiger partial charge in [0.05, 0.1) is 20.3 Å². The summed E-state index contributed by atoms with van der Waals surface area (Å²) in [4.78, 5) is 2.18. The molecule has 1 atom stereocenters. The Bertz CT molecular complexity index is 364. The molecule has 0 aliphatic rings. The number of likely N-dealkylation sites (N-methyl/N-ethyl adjacent to an activating group) is 1. The molecule has 0 aliphatic carbocycles. The van der Waals surface area contributed by atoms with Gasteiger partial charge in [0.15, 0.2) is 11.5 Å². The minimum Gasteiger partial charge on any atom is -0.493 e. The van der Waals surface area contributed by atoms with E-state index in [1.807, 2.05) is 18.2 Å². The van der Waals surface area contributed by atoms with Crippen molar-refractivity contribution in [2.75, 3.05) is 33.9 Å². The van der Waals surface area contributed by atoms with Crippen molar-refractivity contribution >= 4 is 0 Å². The molecule has 0 radical (unpaired) electrons. The van der Waals surface area contributed by atoms with Crippen molar-refractivity contribution in [3.8, 4) is 11.5 Å². The molecule has 0 aliphatic heterocycles. The fraction of sp³-hybridized carbons (Fsp3) is 0.571. The van der Waals surface area contributed by atoms with Crippen LogP contribution in [0, 0.1) is 0 Å². The fourth-order valence-corrected chi connectivity index (χ4v) is 1.89. The highest BCUT2D eigenvalue weighted by Crippen LogP contribution is 2.30. The number of rotatable bonds is 7. The average Bonchev–Trinajstić information content (AvgIpc) is 2.43. The molecule has 1 N–H and O–H groups in total. The molecule has 0 amide bonds. The zero-order valence-corrected chi connectivity index (χ0v) is 11.6. The van der Waals surface area contributed by atoms with E-state index >= 15 is 0 Å². The lowest BCUT2D eigenvalue weighted by atomic mass is 10.1. The Morgan fingerprint density at radius 2 is 1.72 bits per heavy atom. The second kappa shape index (κ2) is 7.24. The topological polar surface area (TPSA) is 41.9 Å². The smallest absolute Gasteiger partial charge is 0.161 e. The lowest BCUT2D eigenvalue weighted by Gasteiger charge is -2.22. The molecule has 0 unspecified atom stereocenters. The van der Waals surface area contributed by atoms with E-state index in [0.717, 1.165) is 18.7 Å². The predicted molar refractivity (Wildman–Crippen MR) is 72.3 cm³/mol. The van der Waals surface area contributed by atoms with E-state index in [9.17, 15) is 5.11 Å². The van der Waals surface area contributed by atoms with Gasteiger partial charge in [0, 0.05) is 6.54 Å². The van der Waals surface area contributed by atoms with Gasteiger partial charge in [0.25, 0.3) is 0 Å². The first-order chi connectivity index (χ1) is 8.65. The number of methoxy groups -OCH3 is 2. The van der Waals surface area contributed by atoms with Gasteiger partial charge in [-0.1, -0.05) is 19.9 Å². The van der Waals surface area contributed by atoms with Crippen molar-refractivity contribution in [2.45, 2.75) is 20.0 Å². The quantitative estimate of drug-likeness (QED) is 0.808. The Morgan fingerprint density at radius 3 is 2.22 bits per heavy atom. The molecular weight excluding hydrogens is 230 g/mol. The fourth-order valence-electron chi connectivity index (χ4n) is 1.89. The number of benzene rings is 1. The Balaban J connectivity index is 2.82. The molecule has 1 aromatic rings. The molecule has 0 saturated heterocycles. The van der Waals surface area contributed by atoms with Gasteiger partial charge in [0.2, 0.25) is 0 Å². The first-order valence-electron chi connectivity index (χ1n) is 6.28. The van der Waals surface area contributed by atoms with E-state index in [1.54, 1.807) is 14.2 Å². The van der Waals surface area contributed by atoms with Crippen molar-refractivity contribution in [1.29, 1.82) is 0 Å². The van der Waals surface area contributed by atoms with Gasteiger partial charge in [0.1, 0.15) is 0 Å². The molecule has 102 valence electrons. The Hall–Kier alpha value is -1.26. The zero-order valence-electron chi connectivity index (χ0n) is 11.6. The molecule has 0 fully saturated rings. The first kappa shape index (κ1) is 14.8. The van der Waals surface area contributed by atoms with E-state index in [2.05, 4.69) is 18.7 Å². The highest BCUT2D eigenvalue weighted by molar-refractivity contribution is 5.43. The maximum Gasteiger partial charge on any atom is 0.161 e. The second-order valence-corrected chi connectivity index (χ2v) is 4.12. The van der Waals surface area contributed by atoms with E-state index in [-0.39, 0.29) is 0 Å². The number of aliphatic hydroxyl groups excluding tert-OH is 1. The van der Waals surface area contributed by atoms with Crippen molar-refractivity contribution in [3.63, 3.8) is 0 Å². The molecule has 4 nitrogen and oxygen atoms in total. The van der Waals surface area contributed by atoms with Crippen LogP contribution in [0.15, 0.2) is 18.2 Å². The summed E-state index contributed by atoms with van der Waals surface area (Å²) in [5, 5.41) is 10.2. The number of hydrogen-bond acceptors (Lipinski definition) is 4. The second-order valence-electron chi connectivity index (χ2n) is 4.12. The van der Waals surface area contributed by atoms with Gasteiger partial charge in [-0.25, -0.2) is 0 Å². The van der Waals surface area contributed by atoms with E-state index < -0.39 is 6.10 Å². The van der Waals surface area contributed by atoms with Crippen LogP contribution in [0.4, 0.5) is 0 Å². The molecule has 1 aromatic carbocycles. The van der Waals surface area contributed by atoms with Gasteiger partial charge in [-0.15, -0.1) is 0 Å². The minimum atomic E-state index is -0.510. The van der Waals surface area contributed by atoms with E-state index in [4.69, 9.17) is 9.47 Å². The lowest BCUT2D eigenvalue weighted by molar-refractivity contribution is 0.119. The normalized spacial score (nSPS) is 12.6. The van der Waals surface area contributed by atoms with Crippen LogP contribution >= 0.6 is 0 Å². The molecule has 0 heterocycles. The van der Waals surface area contributed by atoms with Gasteiger partial charge >= 0.3 is 0 Å². The summed E-state index contributed by atoms with van der Waals surface area (Å²) in [6, 6.07) is 5.52. The summed E-state index contributed by atoms with van der Waals surface area (Å²) < 4.78 is 10.4. The molecule has 18 heavy (non-hydrogen) atoms. The van der Waals surface area contributed by atoms with Crippen LogP contribution in [-0.2, 0) is 0 Å². The van der Waals surface area contributed by atoms with Crippen LogP contribution in [0.25, 0.3) is 0 Å². The number of nitrogens with zero attached hydrogens (tertiary/aromatic N) is 1. The van der Waals surface area contributed by atoms with E-state index in [1.165, 1.54) is 0 Å². The third-order valence-corrected chi connectivity index (χ3v) is 3.12. The Morgan fingerprint density at radius 1 is 1.11 bits per heavy atom. The molecule has 4 heteroatoms. The average molecular weight is 253 g/mol. The first-order valence-corrected chi connectivity index (χ1v) is 6.28. The maximum atomic E-state index is 10.2. The van der Waals surface area contributed by atoms with Gasteiger partial charge < -0.3 is 19.5 Å². The lowest BCUT2D eigenvalue weighted by Crippen LogP contribution is -2.28. The monoisotopic (exact) mass is 253 g/mol. The predicted octanol–water partition coefficient (Wildman–Crippen LogP) is 2.08. The van der Waals surface area contributed by atoms with Gasteiger partial charge in [-0.05, 0) is 30.8 Å². The van der Waals surface area contributed by atoms with Crippen molar-refractivity contribution in [1.82, 2.24) is 4.90 Å². The highest BCUT2D eigenvalue weighted by atomic mass is 16.5. The Kier molecular flexibility index (Phi) is 5.95. The molecule has 0 aromatic heterocycles. The molecule has 0 spiro atoms. The van der Waals surface area contributed by atoms with Gasteiger partial charge in [-0.3, -0.25) is 0 Å². The van der Waals surface area contributed by atoms with Crippen molar-refractivity contribution in [2.24, 2.45) is 0 Å². The third kappa shape index (κ3) is 3.62. The van der Waals surface area contributed by atoms with Crippen molar-refractivity contribution in [3.05, 3.63) is 23.8 Å².